The Kier molecular flexibility index (Phi) is 37.1. The normalized spacial score (nSPS) is 14.1. The number of aromatic nitrogens is 4. The number of hydrogen-bond donors (Lipinski definition) is 5. The molecule has 1 amide bonds. The van der Waals surface area contributed by atoms with E-state index < -0.39 is 50.5 Å². The van der Waals surface area contributed by atoms with Gasteiger partial charge in [-0.2, -0.15) is 0 Å². The van der Waals surface area contributed by atoms with Gasteiger partial charge in [0, 0.05) is 55.9 Å². The van der Waals surface area contributed by atoms with Crippen molar-refractivity contribution in [3.8, 4) is 0 Å². The van der Waals surface area contributed by atoms with Crippen LogP contribution in [0.1, 0.15) is 192 Å². The highest BCUT2D eigenvalue weighted by atomic mass is 31.2. The number of ether oxygens (including phenoxy) is 2. The Balaban J connectivity index is 1.81. The highest BCUT2D eigenvalue weighted by Gasteiger charge is 2.28. The molecule has 0 fully saturated rings. The maximum atomic E-state index is 13.3. The smallest absolute Gasteiger partial charge is 0.462 e. The molecule has 16 nitrogen and oxygen atoms in total. The van der Waals surface area contributed by atoms with Crippen molar-refractivity contribution in [3.05, 3.63) is 85.0 Å². The number of phosphoric acid groups is 1. The van der Waals surface area contributed by atoms with Crippen molar-refractivity contribution in [2.75, 3.05) is 19.8 Å². The molecule has 4 atom stereocenters. The molecule has 2 rings (SSSR count). The Morgan fingerprint density at radius 3 is 1.65 bits per heavy atom. The Bertz CT molecular complexity index is 1830. The molecule has 0 aliphatic carbocycles. The molecule has 400 valence electrons. The number of Topliss-reactive ketones (excluding diaryl/α,β-unsaturated/α-hetero) is 1. The number of esters is 2. The van der Waals surface area contributed by atoms with Crippen molar-refractivity contribution in [2.24, 2.45) is 5.73 Å². The molecule has 0 radical (unpaired) electrons. The fraction of sp³-hybridized carbons (Fsp3) is 0.667. The summed E-state index contributed by atoms with van der Waals surface area (Å²) in [5, 5.41) is 2.72. The average Bonchev–Trinajstić information content (AvgIpc) is 4.08. The first kappa shape index (κ1) is 62.6. The van der Waals surface area contributed by atoms with E-state index in [1.54, 1.807) is 12.4 Å². The summed E-state index contributed by atoms with van der Waals surface area (Å²) in [4.78, 5) is 76.1. The van der Waals surface area contributed by atoms with Crippen molar-refractivity contribution in [1.82, 2.24) is 25.3 Å². The van der Waals surface area contributed by atoms with Gasteiger partial charge >= 0.3 is 19.8 Å². The largest absolute Gasteiger partial charge is 0.472 e. The molecular formula is C54H89N6O10P. The van der Waals surface area contributed by atoms with E-state index in [2.05, 4.69) is 87.7 Å². The molecule has 0 aliphatic heterocycles. The van der Waals surface area contributed by atoms with E-state index in [1.807, 2.05) is 0 Å². The van der Waals surface area contributed by atoms with Crippen LogP contribution >= 0.6 is 7.82 Å². The Morgan fingerprint density at radius 1 is 0.634 bits per heavy atom. The number of nitrogens with two attached hydrogens (primary N) is 1. The number of H-pyrrole nitrogens is 2. The van der Waals surface area contributed by atoms with Gasteiger partial charge in [0.25, 0.3) is 0 Å². The van der Waals surface area contributed by atoms with Gasteiger partial charge in [0.05, 0.1) is 38.0 Å². The molecular weight excluding hydrogens is 924 g/mol. The van der Waals surface area contributed by atoms with Crippen LogP contribution in [-0.4, -0.2) is 86.5 Å². The molecule has 71 heavy (non-hydrogen) atoms. The second-order valence-electron chi connectivity index (χ2n) is 18.2. The van der Waals surface area contributed by atoms with Crippen molar-refractivity contribution in [2.45, 2.75) is 212 Å². The lowest BCUT2D eigenvalue weighted by Crippen LogP contribution is -2.50. The van der Waals surface area contributed by atoms with E-state index >= 15 is 0 Å². The SMILES string of the molecule is CCCCC/C=C\C/C=C\CCCCCCCC(=O)OCC(COP(=O)(O)OCCCC(=O)C(Cc1cnc[nH]1)NC(=O)C(N)Cc1cnc[nH]1)OC(=O)CCCCCCC/C=C\C/C=C\CCCCC. The van der Waals surface area contributed by atoms with Crippen molar-refractivity contribution >= 4 is 31.5 Å². The van der Waals surface area contributed by atoms with Crippen molar-refractivity contribution in [1.29, 1.82) is 0 Å². The first-order chi connectivity index (χ1) is 34.5. The molecule has 2 aromatic rings. The summed E-state index contributed by atoms with van der Waals surface area (Å²) < 4.78 is 34.4. The lowest BCUT2D eigenvalue weighted by atomic mass is 10.0. The number of carbonyl (C=O) groups is 4. The first-order valence-electron chi connectivity index (χ1n) is 26.6. The third-order valence-corrected chi connectivity index (χ3v) is 12.6. The Labute approximate surface area is 424 Å². The number of phosphoric ester groups is 1. The van der Waals surface area contributed by atoms with E-state index in [9.17, 15) is 28.6 Å². The zero-order valence-corrected chi connectivity index (χ0v) is 44.0. The molecule has 2 heterocycles. The van der Waals surface area contributed by atoms with Gasteiger partial charge in [0.1, 0.15) is 6.61 Å². The summed E-state index contributed by atoms with van der Waals surface area (Å²) in [6.45, 7) is 3.19. The first-order valence-corrected chi connectivity index (χ1v) is 28.1. The predicted molar refractivity (Wildman–Crippen MR) is 280 cm³/mol. The van der Waals surface area contributed by atoms with Gasteiger partial charge < -0.3 is 35.4 Å². The summed E-state index contributed by atoms with van der Waals surface area (Å²) in [6.07, 6.45) is 46.4. The summed E-state index contributed by atoms with van der Waals surface area (Å²) in [5.41, 5.74) is 7.38. The molecule has 6 N–H and O–H groups in total. The fourth-order valence-electron chi connectivity index (χ4n) is 7.46. The number of unbranched alkanes of at least 4 members (excludes halogenated alkanes) is 16. The third-order valence-electron chi connectivity index (χ3n) is 11.7. The second-order valence-corrected chi connectivity index (χ2v) is 19.6. The lowest BCUT2D eigenvalue weighted by Gasteiger charge is -2.20. The van der Waals surface area contributed by atoms with E-state index in [1.165, 1.54) is 51.2 Å². The number of amides is 1. The van der Waals surface area contributed by atoms with E-state index in [-0.39, 0.29) is 57.5 Å². The van der Waals surface area contributed by atoms with Crippen LogP contribution in [0.25, 0.3) is 0 Å². The number of nitrogens with zero attached hydrogens (tertiary/aromatic N) is 2. The highest BCUT2D eigenvalue weighted by molar-refractivity contribution is 7.47. The summed E-state index contributed by atoms with van der Waals surface area (Å²) in [5.74, 6) is -1.87. The zero-order valence-electron chi connectivity index (χ0n) is 43.1. The fourth-order valence-corrected chi connectivity index (χ4v) is 8.25. The highest BCUT2D eigenvalue weighted by Crippen LogP contribution is 2.43. The van der Waals surface area contributed by atoms with Crippen LogP contribution in [-0.2, 0) is 55.1 Å². The quantitative estimate of drug-likeness (QED) is 0.0180. The van der Waals surface area contributed by atoms with Gasteiger partial charge in [-0.1, -0.05) is 127 Å². The van der Waals surface area contributed by atoms with Crippen LogP contribution in [0, 0.1) is 0 Å². The monoisotopic (exact) mass is 1010 g/mol. The van der Waals surface area contributed by atoms with Crippen LogP contribution in [0.5, 0.6) is 0 Å². The molecule has 0 aromatic carbocycles. The molecule has 0 spiro atoms. The lowest BCUT2D eigenvalue weighted by molar-refractivity contribution is -0.161. The molecule has 2 aromatic heterocycles. The minimum absolute atomic E-state index is 0.0278. The van der Waals surface area contributed by atoms with Crippen LogP contribution in [0.2, 0.25) is 0 Å². The van der Waals surface area contributed by atoms with Gasteiger partial charge in [0.15, 0.2) is 11.9 Å². The van der Waals surface area contributed by atoms with Gasteiger partial charge in [-0.05, 0) is 83.5 Å². The Hall–Kier alpha value is -4.47. The second kappa shape index (κ2) is 42.1. The topological polar surface area (TPSA) is 238 Å². The zero-order chi connectivity index (χ0) is 51.5. The number of nitrogens with one attached hydrogen (secondary N) is 3. The maximum absolute atomic E-state index is 13.3. The summed E-state index contributed by atoms with van der Waals surface area (Å²) in [7, 11) is -4.70. The number of rotatable bonds is 46. The summed E-state index contributed by atoms with van der Waals surface area (Å²) >= 11 is 0. The third kappa shape index (κ3) is 35.3. The van der Waals surface area contributed by atoms with Crippen LogP contribution < -0.4 is 11.1 Å². The molecule has 0 aliphatic rings. The van der Waals surface area contributed by atoms with Gasteiger partial charge in [-0.25, -0.2) is 14.5 Å². The number of imidazole rings is 2. The number of carbonyl (C=O) groups excluding carboxylic acids is 4. The van der Waals surface area contributed by atoms with E-state index in [4.69, 9.17) is 24.3 Å². The molecule has 0 bridgehead atoms. The van der Waals surface area contributed by atoms with Crippen molar-refractivity contribution in [3.63, 3.8) is 0 Å². The summed E-state index contributed by atoms with van der Waals surface area (Å²) in [6, 6.07) is -1.90. The standard InChI is InChI=1S/C54H89N6O10P/c1-3-5-7-9-11-13-15-17-19-21-23-25-27-29-31-35-52(62)67-42-48(70-53(63)36-32-30-28-26-24-22-20-18-16-14-12-10-8-6-4-2)43-69-71(65,66)68-37-33-34-51(61)50(39-47-41-57-45-59-47)60-54(64)49(55)38-46-40-56-44-58-46/h11-14,17-20,40-41,44-45,48-50H,3-10,15-16,21-39,42-43,55H2,1-2H3,(H,56,58)(H,57,59)(H,60,64)(H,65,66)/b13-11-,14-12-,19-17-,20-18-. The average molecular weight is 1010 g/mol. The van der Waals surface area contributed by atoms with Crippen LogP contribution in [0.4, 0.5) is 0 Å². The van der Waals surface area contributed by atoms with Crippen LogP contribution in [0.15, 0.2) is 73.7 Å². The molecule has 0 saturated heterocycles. The van der Waals surface area contributed by atoms with E-state index in [0.29, 0.717) is 24.2 Å². The number of aromatic amines is 2. The van der Waals surface area contributed by atoms with Gasteiger partial charge in [-0.15, -0.1) is 0 Å². The van der Waals surface area contributed by atoms with Gasteiger partial charge in [0.2, 0.25) is 5.91 Å². The minimum atomic E-state index is -4.70. The van der Waals surface area contributed by atoms with Crippen molar-refractivity contribution < 1.29 is 47.2 Å². The number of ketones is 1. The number of allylic oxidation sites excluding steroid dienone is 8. The molecule has 17 heteroatoms. The maximum Gasteiger partial charge on any atom is 0.472 e. The van der Waals surface area contributed by atoms with E-state index in [0.717, 1.165) is 89.9 Å². The minimum Gasteiger partial charge on any atom is -0.462 e. The number of hydrogen-bond acceptors (Lipinski definition) is 12. The van der Waals surface area contributed by atoms with Gasteiger partial charge in [-0.3, -0.25) is 28.2 Å². The Morgan fingerprint density at radius 2 is 1.13 bits per heavy atom. The molecule has 4 unspecified atom stereocenters. The molecule has 0 saturated carbocycles. The van der Waals surface area contributed by atoms with Crippen LogP contribution in [0.3, 0.4) is 0 Å². The predicted octanol–water partition coefficient (Wildman–Crippen LogP) is 11.3.